The molecule has 0 saturated carbocycles. The number of hydrogen-bond donors (Lipinski definition) is 1. The van der Waals surface area contributed by atoms with Crippen LogP contribution >= 0.6 is 11.6 Å². The SMILES string of the molecule is COc1ccccc1N(CCCC(=O)N(Cc1cccc(Cl)c1)[C@@H](Cc1ccccc1)C(=O)NC(C)(C)C)S(C)(=O)=O. The van der Waals surface area contributed by atoms with Gasteiger partial charge in [0, 0.05) is 36.5 Å². The molecule has 0 aromatic heterocycles. The molecule has 0 heterocycles. The highest BCUT2D eigenvalue weighted by atomic mass is 35.5. The van der Waals surface area contributed by atoms with Crippen LogP contribution in [0.5, 0.6) is 5.75 Å². The highest BCUT2D eigenvalue weighted by molar-refractivity contribution is 7.92. The number of ether oxygens (including phenoxy) is 1. The summed E-state index contributed by atoms with van der Waals surface area (Å²) in [5.74, 6) is -0.124. The fraction of sp³-hybridized carbons (Fsp3) is 0.375. The zero-order valence-electron chi connectivity index (χ0n) is 24.8. The van der Waals surface area contributed by atoms with E-state index in [2.05, 4.69) is 5.32 Å². The Morgan fingerprint density at radius 3 is 2.21 bits per heavy atom. The van der Waals surface area contributed by atoms with E-state index in [0.717, 1.165) is 17.4 Å². The van der Waals surface area contributed by atoms with Gasteiger partial charge in [-0.1, -0.05) is 66.2 Å². The van der Waals surface area contributed by atoms with Crippen LogP contribution in [0.1, 0.15) is 44.7 Å². The number of carbonyl (C=O) groups is 2. The van der Waals surface area contributed by atoms with E-state index < -0.39 is 21.6 Å². The highest BCUT2D eigenvalue weighted by Gasteiger charge is 2.32. The third-order valence-electron chi connectivity index (χ3n) is 6.52. The molecule has 42 heavy (non-hydrogen) atoms. The Bertz CT molecular complexity index is 1460. The van der Waals surface area contributed by atoms with Crippen molar-refractivity contribution in [2.24, 2.45) is 0 Å². The van der Waals surface area contributed by atoms with Crippen LogP contribution in [0.2, 0.25) is 5.02 Å². The number of sulfonamides is 1. The Morgan fingerprint density at radius 2 is 1.60 bits per heavy atom. The molecule has 1 atom stereocenters. The van der Waals surface area contributed by atoms with Crippen LogP contribution in [-0.4, -0.2) is 56.6 Å². The molecule has 0 fully saturated rings. The van der Waals surface area contributed by atoms with Crippen LogP contribution in [0.15, 0.2) is 78.9 Å². The molecule has 10 heteroatoms. The minimum atomic E-state index is -3.66. The smallest absolute Gasteiger partial charge is 0.243 e. The fourth-order valence-corrected chi connectivity index (χ4v) is 5.84. The molecule has 0 saturated heterocycles. The molecule has 226 valence electrons. The third-order valence-corrected chi connectivity index (χ3v) is 7.93. The van der Waals surface area contributed by atoms with Gasteiger partial charge in [0.2, 0.25) is 21.8 Å². The molecule has 0 radical (unpaired) electrons. The largest absolute Gasteiger partial charge is 0.495 e. The van der Waals surface area contributed by atoms with Gasteiger partial charge in [-0.25, -0.2) is 8.42 Å². The van der Waals surface area contributed by atoms with Gasteiger partial charge in [0.1, 0.15) is 11.8 Å². The second kappa shape index (κ2) is 14.6. The maximum absolute atomic E-state index is 13.9. The number of nitrogens with zero attached hydrogens (tertiary/aromatic N) is 2. The molecule has 8 nitrogen and oxygen atoms in total. The first kappa shape index (κ1) is 32.9. The van der Waals surface area contributed by atoms with Gasteiger partial charge < -0.3 is 15.0 Å². The van der Waals surface area contributed by atoms with Crippen LogP contribution < -0.4 is 14.4 Å². The average molecular weight is 614 g/mol. The van der Waals surface area contributed by atoms with E-state index in [-0.39, 0.29) is 37.7 Å². The lowest BCUT2D eigenvalue weighted by Gasteiger charge is -2.34. The molecule has 3 aromatic carbocycles. The lowest BCUT2D eigenvalue weighted by Crippen LogP contribution is -2.54. The summed E-state index contributed by atoms with van der Waals surface area (Å²) in [7, 11) is -2.18. The minimum absolute atomic E-state index is 0.0236. The Kier molecular flexibility index (Phi) is 11.4. The van der Waals surface area contributed by atoms with Gasteiger partial charge in [0.05, 0.1) is 19.1 Å². The van der Waals surface area contributed by atoms with Crippen molar-refractivity contribution in [3.05, 3.63) is 95.0 Å². The van der Waals surface area contributed by atoms with Gasteiger partial charge in [-0.3, -0.25) is 13.9 Å². The second-order valence-corrected chi connectivity index (χ2v) is 13.6. The molecule has 3 aromatic rings. The highest BCUT2D eigenvalue weighted by Crippen LogP contribution is 2.30. The average Bonchev–Trinajstić information content (AvgIpc) is 2.92. The van der Waals surface area contributed by atoms with E-state index in [1.54, 1.807) is 47.4 Å². The molecular formula is C32H40ClN3O5S. The van der Waals surface area contributed by atoms with Gasteiger partial charge in [-0.2, -0.15) is 0 Å². The first-order valence-corrected chi connectivity index (χ1v) is 16.0. The van der Waals surface area contributed by atoms with Crippen LogP contribution in [0.25, 0.3) is 0 Å². The third kappa shape index (κ3) is 9.77. The zero-order valence-corrected chi connectivity index (χ0v) is 26.4. The fourth-order valence-electron chi connectivity index (χ4n) is 4.66. The van der Waals surface area contributed by atoms with Crippen LogP contribution in [-0.2, 0) is 32.6 Å². The molecule has 2 amide bonds. The lowest BCUT2D eigenvalue weighted by atomic mass is 10.00. The van der Waals surface area contributed by atoms with Crippen molar-refractivity contribution in [2.45, 2.75) is 58.2 Å². The quantitative estimate of drug-likeness (QED) is 0.277. The second-order valence-electron chi connectivity index (χ2n) is 11.2. The Morgan fingerprint density at radius 1 is 0.952 bits per heavy atom. The summed E-state index contributed by atoms with van der Waals surface area (Å²) in [4.78, 5) is 29.2. The zero-order chi connectivity index (χ0) is 30.9. The number of para-hydroxylation sites is 2. The Hall–Kier alpha value is -3.56. The number of carbonyl (C=O) groups excluding carboxylic acids is 2. The topological polar surface area (TPSA) is 96.0 Å². The predicted octanol–water partition coefficient (Wildman–Crippen LogP) is 5.45. The van der Waals surface area contributed by atoms with Crippen molar-refractivity contribution < 1.29 is 22.7 Å². The van der Waals surface area contributed by atoms with E-state index in [1.165, 1.54) is 11.4 Å². The monoisotopic (exact) mass is 613 g/mol. The van der Waals surface area contributed by atoms with Crippen molar-refractivity contribution >= 4 is 39.1 Å². The molecule has 0 aliphatic rings. The van der Waals surface area contributed by atoms with Crippen LogP contribution in [0.3, 0.4) is 0 Å². The molecule has 0 spiro atoms. The molecular weight excluding hydrogens is 574 g/mol. The molecule has 1 N–H and O–H groups in total. The molecule has 0 aliphatic carbocycles. The molecule has 0 bridgehead atoms. The van der Waals surface area contributed by atoms with Gasteiger partial charge in [0.25, 0.3) is 0 Å². The number of halogens is 1. The Labute approximate surface area is 254 Å². The summed E-state index contributed by atoms with van der Waals surface area (Å²) in [6.45, 7) is 5.91. The van der Waals surface area contributed by atoms with Crippen molar-refractivity contribution in [3.8, 4) is 5.75 Å². The van der Waals surface area contributed by atoms with E-state index in [0.29, 0.717) is 22.9 Å². The van der Waals surface area contributed by atoms with Gasteiger partial charge in [-0.15, -0.1) is 0 Å². The summed E-state index contributed by atoms with van der Waals surface area (Å²) in [6, 6.07) is 22.8. The van der Waals surface area contributed by atoms with Gasteiger partial charge in [0.15, 0.2) is 0 Å². The van der Waals surface area contributed by atoms with E-state index in [9.17, 15) is 18.0 Å². The summed E-state index contributed by atoms with van der Waals surface area (Å²) < 4.78 is 32.1. The Balaban J connectivity index is 1.92. The van der Waals surface area contributed by atoms with Crippen molar-refractivity contribution in [2.75, 3.05) is 24.2 Å². The number of amides is 2. The van der Waals surface area contributed by atoms with Crippen LogP contribution in [0.4, 0.5) is 5.69 Å². The summed E-state index contributed by atoms with van der Waals surface area (Å²) >= 11 is 6.26. The maximum Gasteiger partial charge on any atom is 0.243 e. The predicted molar refractivity (Wildman–Crippen MR) is 168 cm³/mol. The van der Waals surface area contributed by atoms with E-state index in [1.807, 2.05) is 57.2 Å². The van der Waals surface area contributed by atoms with Crippen molar-refractivity contribution in [3.63, 3.8) is 0 Å². The van der Waals surface area contributed by atoms with Crippen LogP contribution in [0, 0.1) is 0 Å². The lowest BCUT2D eigenvalue weighted by molar-refractivity contribution is -0.142. The number of anilines is 1. The number of hydrogen-bond acceptors (Lipinski definition) is 5. The van der Waals surface area contributed by atoms with Gasteiger partial charge in [-0.05, 0) is 62.6 Å². The summed E-state index contributed by atoms with van der Waals surface area (Å²) in [5, 5.41) is 3.57. The molecule has 0 aliphatic heterocycles. The minimum Gasteiger partial charge on any atom is -0.495 e. The van der Waals surface area contributed by atoms with E-state index >= 15 is 0 Å². The standard InChI is InChI=1S/C32H40ClN3O5S/c1-32(2,3)34-31(38)28(22-24-13-7-6-8-14-24)35(23-25-15-11-16-26(33)21-25)30(37)19-12-20-36(42(5,39)40)27-17-9-10-18-29(27)41-4/h6-11,13-18,21,28H,12,19-20,22-23H2,1-5H3,(H,34,38)/t28-/m0/s1. The maximum atomic E-state index is 13.9. The summed E-state index contributed by atoms with van der Waals surface area (Å²) in [5.41, 5.74) is 1.58. The first-order valence-electron chi connectivity index (χ1n) is 13.8. The summed E-state index contributed by atoms with van der Waals surface area (Å²) in [6.07, 6.45) is 1.69. The number of nitrogens with one attached hydrogen (secondary N) is 1. The molecule has 3 rings (SSSR count). The van der Waals surface area contributed by atoms with E-state index in [4.69, 9.17) is 16.3 Å². The van der Waals surface area contributed by atoms with Gasteiger partial charge >= 0.3 is 0 Å². The number of benzene rings is 3. The number of methoxy groups -OCH3 is 1. The molecule has 0 unspecified atom stereocenters. The number of rotatable bonds is 13. The van der Waals surface area contributed by atoms with Crippen molar-refractivity contribution in [1.29, 1.82) is 0 Å². The van der Waals surface area contributed by atoms with Crippen molar-refractivity contribution in [1.82, 2.24) is 10.2 Å². The first-order chi connectivity index (χ1) is 19.8. The normalized spacial score (nSPS) is 12.3.